The molecule has 0 spiro atoms. The molecule has 0 bridgehead atoms. The number of aromatic nitrogens is 3. The fourth-order valence-electron chi connectivity index (χ4n) is 1.18. The Labute approximate surface area is 90.9 Å². The number of hydrogen-bond donors (Lipinski definition) is 3. The lowest BCUT2D eigenvalue weighted by Crippen LogP contribution is -2.09. The summed E-state index contributed by atoms with van der Waals surface area (Å²) in [6.45, 7) is 0. The minimum absolute atomic E-state index is 0.216. The number of rotatable bonds is 2. The maximum absolute atomic E-state index is 10.9. The van der Waals surface area contributed by atoms with Crippen LogP contribution in [-0.2, 0) is 0 Å². The molecular formula is C9H10N6O. The van der Waals surface area contributed by atoms with Gasteiger partial charge in [0, 0.05) is 6.20 Å². The van der Waals surface area contributed by atoms with E-state index in [4.69, 9.17) is 17.2 Å². The van der Waals surface area contributed by atoms with Gasteiger partial charge >= 0.3 is 0 Å². The molecule has 0 saturated heterocycles. The molecule has 0 aliphatic heterocycles. The van der Waals surface area contributed by atoms with Crippen molar-refractivity contribution in [1.29, 1.82) is 0 Å². The van der Waals surface area contributed by atoms with E-state index in [1.807, 2.05) is 0 Å². The molecule has 6 N–H and O–H groups in total. The van der Waals surface area contributed by atoms with Gasteiger partial charge in [-0.15, -0.1) is 0 Å². The first kappa shape index (κ1) is 9.97. The van der Waals surface area contributed by atoms with Crippen molar-refractivity contribution in [2.45, 2.75) is 0 Å². The van der Waals surface area contributed by atoms with Crippen LogP contribution in [0.25, 0.3) is 5.82 Å². The SMILES string of the molecule is NC(=O)c1cnn(-c2ccc(N)c(N)n2)c1. The Balaban J connectivity index is 2.42. The molecule has 1 amide bonds. The molecule has 0 aromatic carbocycles. The van der Waals surface area contributed by atoms with Crippen LogP contribution in [0.1, 0.15) is 10.4 Å². The first-order valence-corrected chi connectivity index (χ1v) is 4.45. The summed E-state index contributed by atoms with van der Waals surface area (Å²) in [7, 11) is 0. The molecule has 16 heavy (non-hydrogen) atoms. The van der Waals surface area contributed by atoms with E-state index in [1.165, 1.54) is 17.1 Å². The van der Waals surface area contributed by atoms with Gasteiger partial charge in [-0.25, -0.2) is 9.67 Å². The van der Waals surface area contributed by atoms with E-state index >= 15 is 0 Å². The van der Waals surface area contributed by atoms with Crippen LogP contribution in [0.2, 0.25) is 0 Å². The summed E-state index contributed by atoms with van der Waals surface area (Å²) in [5.41, 5.74) is 16.9. The summed E-state index contributed by atoms with van der Waals surface area (Å²) in [4.78, 5) is 14.9. The number of nitrogens with two attached hydrogens (primary N) is 3. The highest BCUT2D eigenvalue weighted by atomic mass is 16.1. The zero-order valence-corrected chi connectivity index (χ0v) is 8.29. The summed E-state index contributed by atoms with van der Waals surface area (Å²) < 4.78 is 1.40. The van der Waals surface area contributed by atoms with Crippen molar-refractivity contribution in [3.05, 3.63) is 30.1 Å². The molecule has 2 aromatic heterocycles. The molecule has 82 valence electrons. The fraction of sp³-hybridized carbons (Fsp3) is 0. The van der Waals surface area contributed by atoms with Crippen LogP contribution in [0.15, 0.2) is 24.5 Å². The van der Waals surface area contributed by atoms with Gasteiger partial charge < -0.3 is 17.2 Å². The first-order valence-electron chi connectivity index (χ1n) is 4.45. The summed E-state index contributed by atoms with van der Waals surface area (Å²) in [6.07, 6.45) is 2.83. The highest BCUT2D eigenvalue weighted by Gasteiger charge is 2.07. The quantitative estimate of drug-likeness (QED) is 0.628. The van der Waals surface area contributed by atoms with Gasteiger partial charge in [0.15, 0.2) is 5.82 Å². The lowest BCUT2D eigenvalue weighted by Gasteiger charge is -2.03. The van der Waals surface area contributed by atoms with E-state index in [0.29, 0.717) is 17.1 Å². The number of amides is 1. The Kier molecular flexibility index (Phi) is 2.20. The van der Waals surface area contributed by atoms with Crippen LogP contribution < -0.4 is 17.2 Å². The van der Waals surface area contributed by atoms with Crippen LogP contribution in [-0.4, -0.2) is 20.7 Å². The second kappa shape index (κ2) is 3.54. The smallest absolute Gasteiger partial charge is 0.251 e. The normalized spacial score (nSPS) is 10.2. The third kappa shape index (κ3) is 1.65. The molecule has 7 nitrogen and oxygen atoms in total. The lowest BCUT2D eigenvalue weighted by atomic mass is 10.3. The van der Waals surface area contributed by atoms with E-state index in [9.17, 15) is 4.79 Å². The Morgan fingerprint density at radius 3 is 2.62 bits per heavy atom. The average molecular weight is 218 g/mol. The van der Waals surface area contributed by atoms with Gasteiger partial charge in [-0.2, -0.15) is 5.10 Å². The maximum Gasteiger partial charge on any atom is 0.251 e. The average Bonchev–Trinajstić information content (AvgIpc) is 2.71. The van der Waals surface area contributed by atoms with Gasteiger partial charge in [0.1, 0.15) is 5.82 Å². The van der Waals surface area contributed by atoms with Crippen LogP contribution in [0.3, 0.4) is 0 Å². The second-order valence-electron chi connectivity index (χ2n) is 3.18. The summed E-state index contributed by atoms with van der Waals surface area (Å²) >= 11 is 0. The molecule has 0 atom stereocenters. The van der Waals surface area contributed by atoms with Crippen LogP contribution >= 0.6 is 0 Å². The summed E-state index contributed by atoms with van der Waals surface area (Å²) in [5, 5.41) is 3.94. The zero-order chi connectivity index (χ0) is 11.7. The van der Waals surface area contributed by atoms with Gasteiger partial charge in [-0.1, -0.05) is 0 Å². The fourth-order valence-corrected chi connectivity index (χ4v) is 1.18. The highest BCUT2D eigenvalue weighted by Crippen LogP contribution is 2.14. The van der Waals surface area contributed by atoms with Crippen molar-refractivity contribution in [2.24, 2.45) is 5.73 Å². The van der Waals surface area contributed by atoms with Gasteiger partial charge in [0.2, 0.25) is 0 Å². The number of hydrogen-bond acceptors (Lipinski definition) is 5. The Morgan fingerprint density at radius 1 is 1.31 bits per heavy atom. The molecule has 7 heteroatoms. The van der Waals surface area contributed by atoms with E-state index in [-0.39, 0.29) is 5.82 Å². The molecule has 0 fully saturated rings. The van der Waals surface area contributed by atoms with Crippen LogP contribution in [0.4, 0.5) is 11.5 Å². The number of nitrogen functional groups attached to an aromatic ring is 2. The van der Waals surface area contributed by atoms with E-state index < -0.39 is 5.91 Å². The minimum Gasteiger partial charge on any atom is -0.396 e. The monoisotopic (exact) mass is 218 g/mol. The topological polar surface area (TPSA) is 126 Å². The lowest BCUT2D eigenvalue weighted by molar-refractivity contribution is 0.100. The van der Waals surface area contributed by atoms with Crippen molar-refractivity contribution >= 4 is 17.4 Å². The molecule has 2 heterocycles. The molecule has 0 unspecified atom stereocenters. The van der Waals surface area contributed by atoms with Crippen molar-refractivity contribution in [2.75, 3.05) is 11.5 Å². The van der Waals surface area contributed by atoms with Crippen LogP contribution in [0, 0.1) is 0 Å². The summed E-state index contributed by atoms with van der Waals surface area (Å²) in [5.74, 6) is 0.141. The molecule has 2 aromatic rings. The zero-order valence-electron chi connectivity index (χ0n) is 8.29. The molecular weight excluding hydrogens is 208 g/mol. The predicted molar refractivity (Wildman–Crippen MR) is 58.7 cm³/mol. The largest absolute Gasteiger partial charge is 0.396 e. The molecule has 2 rings (SSSR count). The third-order valence-corrected chi connectivity index (χ3v) is 2.04. The summed E-state index contributed by atoms with van der Waals surface area (Å²) in [6, 6.07) is 3.26. The first-order chi connectivity index (χ1) is 7.58. The maximum atomic E-state index is 10.9. The highest BCUT2D eigenvalue weighted by molar-refractivity contribution is 5.92. The number of nitrogens with zero attached hydrogens (tertiary/aromatic N) is 3. The molecule has 0 radical (unpaired) electrons. The number of primary amides is 1. The van der Waals surface area contributed by atoms with Crippen molar-refractivity contribution in [3.8, 4) is 5.82 Å². The Hall–Kier alpha value is -2.57. The standard InChI is InChI=1S/C9H10N6O/c10-6-1-2-7(14-8(6)11)15-4-5(3-13-15)9(12)16/h1-4H,10H2,(H2,11,14)(H2,12,16). The van der Waals surface area contributed by atoms with Crippen molar-refractivity contribution in [1.82, 2.24) is 14.8 Å². The van der Waals surface area contributed by atoms with Crippen molar-refractivity contribution in [3.63, 3.8) is 0 Å². The van der Waals surface area contributed by atoms with Crippen molar-refractivity contribution < 1.29 is 4.79 Å². The number of carbonyl (C=O) groups excluding carboxylic acids is 1. The number of pyridine rings is 1. The Bertz CT molecular complexity index is 547. The van der Waals surface area contributed by atoms with E-state index in [2.05, 4.69) is 10.1 Å². The Morgan fingerprint density at radius 2 is 2.06 bits per heavy atom. The molecule has 0 saturated carbocycles. The van der Waals surface area contributed by atoms with Gasteiger partial charge in [0.25, 0.3) is 5.91 Å². The predicted octanol–water partition coefficient (Wildman–Crippen LogP) is -0.469. The minimum atomic E-state index is -0.547. The van der Waals surface area contributed by atoms with Gasteiger partial charge in [-0.3, -0.25) is 4.79 Å². The van der Waals surface area contributed by atoms with Gasteiger partial charge in [0.05, 0.1) is 17.4 Å². The van der Waals surface area contributed by atoms with E-state index in [1.54, 1.807) is 12.1 Å². The van der Waals surface area contributed by atoms with Crippen LogP contribution in [0.5, 0.6) is 0 Å². The molecule has 0 aliphatic carbocycles. The second-order valence-corrected chi connectivity index (χ2v) is 3.18. The van der Waals surface area contributed by atoms with Gasteiger partial charge in [-0.05, 0) is 12.1 Å². The number of carbonyl (C=O) groups is 1. The molecule has 0 aliphatic rings. The van der Waals surface area contributed by atoms with E-state index in [0.717, 1.165) is 0 Å². The number of anilines is 2. The third-order valence-electron chi connectivity index (χ3n) is 2.04.